The second-order valence-electron chi connectivity index (χ2n) is 7.02. The predicted octanol–water partition coefficient (Wildman–Crippen LogP) is 5.67. The molecule has 1 N–H and O–H groups in total. The minimum Gasteiger partial charge on any atom is -0.322 e. The highest BCUT2D eigenvalue weighted by Crippen LogP contribution is 2.25. The summed E-state index contributed by atoms with van der Waals surface area (Å²) >= 11 is 0. The molecular weight excluding hydrogens is 346 g/mol. The lowest BCUT2D eigenvalue weighted by Gasteiger charge is -2.11. The van der Waals surface area contributed by atoms with Crippen LogP contribution >= 0.6 is 0 Å². The first-order chi connectivity index (χ1) is 13.6. The molecule has 0 radical (unpaired) electrons. The Labute approximate surface area is 164 Å². The first kappa shape index (κ1) is 17.9. The number of carbonyl (C=O) groups excluding carboxylic acids is 1. The molecule has 0 aliphatic heterocycles. The van der Waals surface area contributed by atoms with E-state index in [1.54, 1.807) is 6.20 Å². The average Bonchev–Trinajstić information content (AvgIpc) is 2.74. The van der Waals surface area contributed by atoms with Crippen LogP contribution in [0.4, 0.5) is 5.69 Å². The van der Waals surface area contributed by atoms with E-state index in [4.69, 9.17) is 0 Å². The number of carbonyl (C=O) groups is 1. The second-order valence-corrected chi connectivity index (χ2v) is 7.02. The van der Waals surface area contributed by atoms with Crippen LogP contribution < -0.4 is 5.32 Å². The number of hydrogen-bond donors (Lipinski definition) is 1. The maximum atomic E-state index is 13.1. The van der Waals surface area contributed by atoms with Crippen molar-refractivity contribution in [1.29, 1.82) is 0 Å². The number of anilines is 1. The lowest BCUT2D eigenvalue weighted by atomic mass is 10.0. The summed E-state index contributed by atoms with van der Waals surface area (Å²) in [4.78, 5) is 22.1. The molecule has 2 heterocycles. The van der Waals surface area contributed by atoms with E-state index in [2.05, 4.69) is 29.1 Å². The highest BCUT2D eigenvalue weighted by molar-refractivity contribution is 6.13. The van der Waals surface area contributed by atoms with Gasteiger partial charge in [0.25, 0.3) is 5.91 Å². The van der Waals surface area contributed by atoms with Crippen molar-refractivity contribution in [3.05, 3.63) is 90.1 Å². The van der Waals surface area contributed by atoms with E-state index in [-0.39, 0.29) is 5.91 Å². The Morgan fingerprint density at radius 3 is 2.36 bits per heavy atom. The molecule has 0 unspecified atom stereocenters. The van der Waals surface area contributed by atoms with Crippen LogP contribution in [0.5, 0.6) is 0 Å². The summed E-state index contributed by atoms with van der Waals surface area (Å²) in [6, 6.07) is 23.1. The molecule has 4 nitrogen and oxygen atoms in total. The van der Waals surface area contributed by atoms with Gasteiger partial charge in [-0.2, -0.15) is 0 Å². The van der Waals surface area contributed by atoms with E-state index in [1.165, 1.54) is 5.56 Å². The first-order valence-electron chi connectivity index (χ1n) is 9.34. The number of aromatic nitrogens is 2. The molecule has 0 spiro atoms. The smallest absolute Gasteiger partial charge is 0.256 e. The van der Waals surface area contributed by atoms with E-state index in [0.29, 0.717) is 17.2 Å². The van der Waals surface area contributed by atoms with Gasteiger partial charge in [-0.1, -0.05) is 50.2 Å². The van der Waals surface area contributed by atoms with Crippen molar-refractivity contribution in [2.75, 3.05) is 5.32 Å². The topological polar surface area (TPSA) is 54.9 Å². The monoisotopic (exact) mass is 367 g/mol. The van der Waals surface area contributed by atoms with Crippen LogP contribution in [0.25, 0.3) is 22.3 Å². The lowest BCUT2D eigenvalue weighted by Crippen LogP contribution is -2.13. The van der Waals surface area contributed by atoms with Gasteiger partial charge in [0.2, 0.25) is 0 Å². The van der Waals surface area contributed by atoms with Gasteiger partial charge < -0.3 is 5.32 Å². The van der Waals surface area contributed by atoms with Crippen molar-refractivity contribution in [1.82, 2.24) is 9.97 Å². The van der Waals surface area contributed by atoms with Crippen molar-refractivity contribution < 1.29 is 4.79 Å². The summed E-state index contributed by atoms with van der Waals surface area (Å²) in [5.41, 5.74) is 4.79. The molecule has 0 fully saturated rings. The van der Waals surface area contributed by atoms with Gasteiger partial charge in [-0.3, -0.25) is 9.78 Å². The van der Waals surface area contributed by atoms with Crippen molar-refractivity contribution in [3.63, 3.8) is 0 Å². The summed E-state index contributed by atoms with van der Waals surface area (Å²) < 4.78 is 0. The molecule has 2 aromatic carbocycles. The van der Waals surface area contributed by atoms with Crippen LogP contribution in [0.15, 0.2) is 79.0 Å². The number of pyridine rings is 2. The van der Waals surface area contributed by atoms with Crippen LogP contribution in [0, 0.1) is 0 Å². The van der Waals surface area contributed by atoms with Gasteiger partial charge in [-0.25, -0.2) is 4.98 Å². The molecule has 2 aromatic heterocycles. The fraction of sp³-hybridized carbons (Fsp3) is 0.125. The zero-order valence-corrected chi connectivity index (χ0v) is 15.9. The Kier molecular flexibility index (Phi) is 4.85. The highest BCUT2D eigenvalue weighted by Gasteiger charge is 2.14. The Morgan fingerprint density at radius 1 is 0.893 bits per heavy atom. The van der Waals surface area contributed by atoms with E-state index in [0.717, 1.165) is 22.3 Å². The molecule has 0 saturated carbocycles. The zero-order valence-electron chi connectivity index (χ0n) is 15.9. The van der Waals surface area contributed by atoms with Gasteiger partial charge in [-0.05, 0) is 47.9 Å². The Morgan fingerprint density at radius 2 is 1.64 bits per heavy atom. The van der Waals surface area contributed by atoms with Crippen molar-refractivity contribution in [2.24, 2.45) is 0 Å². The number of nitrogens with one attached hydrogen (secondary N) is 1. The third kappa shape index (κ3) is 3.62. The second kappa shape index (κ2) is 7.61. The molecule has 0 atom stereocenters. The Bertz CT molecular complexity index is 1120. The first-order valence-corrected chi connectivity index (χ1v) is 9.34. The number of hydrogen-bond acceptors (Lipinski definition) is 3. The molecule has 0 aliphatic rings. The van der Waals surface area contributed by atoms with Gasteiger partial charge in [0, 0.05) is 17.3 Å². The standard InChI is InChI=1S/C24H21N3O/c1-16(2)17-10-12-18(13-11-17)26-24(28)20-15-23(22-9-5-6-14-25-22)27-21-8-4-3-7-19(20)21/h3-16H,1-2H3,(H,26,28). The summed E-state index contributed by atoms with van der Waals surface area (Å²) in [5, 5.41) is 3.83. The van der Waals surface area contributed by atoms with Gasteiger partial charge in [-0.15, -0.1) is 0 Å². The molecular formula is C24H21N3O. The summed E-state index contributed by atoms with van der Waals surface area (Å²) in [7, 11) is 0. The molecule has 0 saturated heterocycles. The molecule has 4 rings (SSSR count). The highest BCUT2D eigenvalue weighted by atomic mass is 16.1. The third-order valence-corrected chi connectivity index (χ3v) is 4.72. The minimum absolute atomic E-state index is 0.159. The van der Waals surface area contributed by atoms with Crippen LogP contribution in [0.1, 0.15) is 35.7 Å². The minimum atomic E-state index is -0.159. The van der Waals surface area contributed by atoms with Crippen molar-refractivity contribution in [2.45, 2.75) is 19.8 Å². The number of fused-ring (bicyclic) bond motifs is 1. The van der Waals surface area contributed by atoms with E-state index < -0.39 is 0 Å². The van der Waals surface area contributed by atoms with Gasteiger partial charge >= 0.3 is 0 Å². The molecule has 4 heteroatoms. The third-order valence-electron chi connectivity index (χ3n) is 4.72. The predicted molar refractivity (Wildman–Crippen MR) is 113 cm³/mol. The maximum Gasteiger partial charge on any atom is 0.256 e. The number of para-hydroxylation sites is 1. The van der Waals surface area contributed by atoms with E-state index in [9.17, 15) is 4.79 Å². The number of rotatable bonds is 4. The maximum absolute atomic E-state index is 13.1. The normalized spacial score (nSPS) is 11.0. The largest absolute Gasteiger partial charge is 0.322 e. The van der Waals surface area contributed by atoms with Crippen LogP contribution in [-0.2, 0) is 0 Å². The molecule has 0 aliphatic carbocycles. The lowest BCUT2D eigenvalue weighted by molar-refractivity contribution is 0.102. The summed E-state index contributed by atoms with van der Waals surface area (Å²) in [6.45, 7) is 4.30. The van der Waals surface area contributed by atoms with Crippen molar-refractivity contribution in [3.8, 4) is 11.4 Å². The molecule has 138 valence electrons. The fourth-order valence-electron chi connectivity index (χ4n) is 3.16. The quantitative estimate of drug-likeness (QED) is 0.505. The summed E-state index contributed by atoms with van der Waals surface area (Å²) in [5.74, 6) is 0.294. The SMILES string of the molecule is CC(C)c1ccc(NC(=O)c2cc(-c3ccccn3)nc3ccccc23)cc1. The zero-order chi connectivity index (χ0) is 19.5. The van der Waals surface area contributed by atoms with E-state index >= 15 is 0 Å². The number of amides is 1. The number of nitrogens with zero attached hydrogens (tertiary/aromatic N) is 2. The van der Waals surface area contributed by atoms with Crippen LogP contribution in [0.2, 0.25) is 0 Å². The Hall–Kier alpha value is -3.53. The van der Waals surface area contributed by atoms with Gasteiger partial charge in [0.15, 0.2) is 0 Å². The molecule has 4 aromatic rings. The molecule has 0 bridgehead atoms. The van der Waals surface area contributed by atoms with Crippen LogP contribution in [0.3, 0.4) is 0 Å². The van der Waals surface area contributed by atoms with Crippen molar-refractivity contribution >= 4 is 22.5 Å². The fourth-order valence-corrected chi connectivity index (χ4v) is 3.16. The summed E-state index contributed by atoms with van der Waals surface area (Å²) in [6.07, 6.45) is 1.72. The molecule has 28 heavy (non-hydrogen) atoms. The van der Waals surface area contributed by atoms with Gasteiger partial charge in [0.1, 0.15) is 0 Å². The van der Waals surface area contributed by atoms with E-state index in [1.807, 2.05) is 72.8 Å². The van der Waals surface area contributed by atoms with Gasteiger partial charge in [0.05, 0.1) is 22.5 Å². The van der Waals surface area contributed by atoms with Crippen LogP contribution in [-0.4, -0.2) is 15.9 Å². The molecule has 1 amide bonds. The Balaban J connectivity index is 1.73. The number of benzene rings is 2. The average molecular weight is 367 g/mol.